The van der Waals surface area contributed by atoms with Gasteiger partial charge in [0.25, 0.3) is 5.91 Å². The molecular formula is C13H20N4O2. The lowest BCUT2D eigenvalue weighted by molar-refractivity contribution is 0.0267. The third kappa shape index (κ3) is 4.57. The van der Waals surface area contributed by atoms with Gasteiger partial charge in [0.15, 0.2) is 0 Å². The molecule has 3 N–H and O–H groups in total. The Morgan fingerprint density at radius 3 is 2.84 bits per heavy atom. The Hall–Kier alpha value is -1.53. The zero-order chi connectivity index (χ0) is 13.5. The lowest BCUT2D eigenvalue weighted by Crippen LogP contribution is -2.33. The second-order valence-electron chi connectivity index (χ2n) is 4.79. The van der Waals surface area contributed by atoms with Crippen LogP contribution in [-0.4, -0.2) is 41.4 Å². The molecule has 0 saturated heterocycles. The van der Waals surface area contributed by atoms with Crippen molar-refractivity contribution in [2.24, 2.45) is 5.73 Å². The minimum Gasteiger partial charge on any atom is -0.376 e. The normalized spacial score (nSPS) is 23.0. The molecule has 1 amide bonds. The Kier molecular flexibility index (Phi) is 5.23. The number of hydrogen-bond donors (Lipinski definition) is 2. The standard InChI is InChI=1S/C13H20N4O2/c14-11-1-3-12(4-2-11)19-8-7-15-13(18)10-5-6-16-17-9-10/h5-6,9,11-12H,1-4,7-8,14H2,(H,15,18). The lowest BCUT2D eigenvalue weighted by Gasteiger charge is -2.26. The zero-order valence-corrected chi connectivity index (χ0v) is 10.9. The Morgan fingerprint density at radius 2 is 2.16 bits per heavy atom. The molecule has 1 aliphatic carbocycles. The molecule has 0 aliphatic heterocycles. The summed E-state index contributed by atoms with van der Waals surface area (Å²) >= 11 is 0. The first-order valence-corrected chi connectivity index (χ1v) is 6.68. The maximum atomic E-state index is 11.7. The third-order valence-corrected chi connectivity index (χ3v) is 3.31. The molecule has 1 fully saturated rings. The zero-order valence-electron chi connectivity index (χ0n) is 10.9. The summed E-state index contributed by atoms with van der Waals surface area (Å²) < 4.78 is 5.72. The van der Waals surface area contributed by atoms with Crippen LogP contribution in [0.25, 0.3) is 0 Å². The monoisotopic (exact) mass is 264 g/mol. The molecule has 1 aliphatic rings. The molecule has 0 bridgehead atoms. The highest BCUT2D eigenvalue weighted by atomic mass is 16.5. The molecule has 0 spiro atoms. The first-order valence-electron chi connectivity index (χ1n) is 6.68. The molecule has 0 aromatic carbocycles. The summed E-state index contributed by atoms with van der Waals surface area (Å²) in [6, 6.07) is 1.96. The minimum absolute atomic E-state index is 0.149. The van der Waals surface area contributed by atoms with Crippen LogP contribution in [0.2, 0.25) is 0 Å². The molecule has 1 aromatic rings. The Morgan fingerprint density at radius 1 is 1.37 bits per heavy atom. The Bertz CT molecular complexity index is 391. The van der Waals surface area contributed by atoms with Gasteiger partial charge >= 0.3 is 0 Å². The predicted octanol–water partition coefficient (Wildman–Crippen LogP) is 0.493. The number of ether oxygens (including phenoxy) is 1. The molecule has 0 atom stereocenters. The molecular weight excluding hydrogens is 244 g/mol. The van der Waals surface area contributed by atoms with Crippen LogP contribution in [0, 0.1) is 0 Å². The number of rotatable bonds is 5. The van der Waals surface area contributed by atoms with Crippen molar-refractivity contribution in [3.63, 3.8) is 0 Å². The van der Waals surface area contributed by atoms with E-state index in [0.717, 1.165) is 25.7 Å². The van der Waals surface area contributed by atoms with Gasteiger partial charge in [0, 0.05) is 12.6 Å². The average molecular weight is 264 g/mol. The van der Waals surface area contributed by atoms with Crippen molar-refractivity contribution in [3.05, 3.63) is 24.0 Å². The summed E-state index contributed by atoms with van der Waals surface area (Å²) in [5.74, 6) is -0.149. The van der Waals surface area contributed by atoms with E-state index in [1.54, 1.807) is 6.07 Å². The number of amides is 1. The van der Waals surface area contributed by atoms with Crippen molar-refractivity contribution in [3.8, 4) is 0 Å². The van der Waals surface area contributed by atoms with Crippen molar-refractivity contribution in [1.82, 2.24) is 15.5 Å². The highest BCUT2D eigenvalue weighted by molar-refractivity contribution is 5.93. The van der Waals surface area contributed by atoms with Gasteiger partial charge in [-0.3, -0.25) is 4.79 Å². The second kappa shape index (κ2) is 7.16. The molecule has 19 heavy (non-hydrogen) atoms. The van der Waals surface area contributed by atoms with E-state index in [2.05, 4.69) is 15.5 Å². The van der Waals surface area contributed by atoms with E-state index in [1.165, 1.54) is 12.4 Å². The Labute approximate surface area is 112 Å². The maximum Gasteiger partial charge on any atom is 0.253 e. The van der Waals surface area contributed by atoms with E-state index in [-0.39, 0.29) is 5.91 Å². The van der Waals surface area contributed by atoms with Gasteiger partial charge in [-0.15, -0.1) is 0 Å². The molecule has 6 heteroatoms. The first-order chi connectivity index (χ1) is 9.25. The summed E-state index contributed by atoms with van der Waals surface area (Å²) in [7, 11) is 0. The summed E-state index contributed by atoms with van der Waals surface area (Å²) in [5, 5.41) is 10.1. The minimum atomic E-state index is -0.149. The van der Waals surface area contributed by atoms with E-state index >= 15 is 0 Å². The van der Waals surface area contributed by atoms with Crippen molar-refractivity contribution >= 4 is 5.91 Å². The number of nitrogens with zero attached hydrogens (tertiary/aromatic N) is 2. The second-order valence-corrected chi connectivity index (χ2v) is 4.79. The van der Waals surface area contributed by atoms with E-state index in [4.69, 9.17) is 10.5 Å². The highest BCUT2D eigenvalue weighted by Gasteiger charge is 2.18. The molecule has 6 nitrogen and oxygen atoms in total. The fraction of sp³-hybridized carbons (Fsp3) is 0.615. The quantitative estimate of drug-likeness (QED) is 0.755. The Balaban J connectivity index is 1.61. The van der Waals surface area contributed by atoms with E-state index < -0.39 is 0 Å². The molecule has 0 radical (unpaired) electrons. The smallest absolute Gasteiger partial charge is 0.253 e. The van der Waals surface area contributed by atoms with Crippen LogP contribution in [0.4, 0.5) is 0 Å². The number of carbonyl (C=O) groups excluding carboxylic acids is 1. The van der Waals surface area contributed by atoms with Gasteiger partial charge in [-0.05, 0) is 31.7 Å². The topological polar surface area (TPSA) is 90.1 Å². The van der Waals surface area contributed by atoms with Gasteiger partial charge in [0.2, 0.25) is 0 Å². The summed E-state index contributed by atoms with van der Waals surface area (Å²) in [6.45, 7) is 1.04. The van der Waals surface area contributed by atoms with Gasteiger partial charge < -0.3 is 15.8 Å². The van der Waals surface area contributed by atoms with Crippen LogP contribution < -0.4 is 11.1 Å². The van der Waals surface area contributed by atoms with Crippen molar-refractivity contribution in [2.45, 2.75) is 37.8 Å². The maximum absolute atomic E-state index is 11.7. The van der Waals surface area contributed by atoms with Crippen LogP contribution in [0.15, 0.2) is 18.5 Å². The van der Waals surface area contributed by atoms with Crippen LogP contribution >= 0.6 is 0 Å². The number of nitrogens with two attached hydrogens (primary N) is 1. The number of nitrogens with one attached hydrogen (secondary N) is 1. The molecule has 1 heterocycles. The van der Waals surface area contributed by atoms with E-state index in [0.29, 0.717) is 30.9 Å². The summed E-state index contributed by atoms with van der Waals surface area (Å²) in [5.41, 5.74) is 6.34. The number of aromatic nitrogens is 2. The van der Waals surface area contributed by atoms with Crippen LogP contribution in [-0.2, 0) is 4.74 Å². The molecule has 0 unspecified atom stereocenters. The van der Waals surface area contributed by atoms with Gasteiger partial charge in [0.05, 0.1) is 30.7 Å². The molecule has 2 rings (SSSR count). The highest BCUT2D eigenvalue weighted by Crippen LogP contribution is 2.19. The van der Waals surface area contributed by atoms with Gasteiger partial charge in [-0.1, -0.05) is 0 Å². The number of carbonyl (C=O) groups is 1. The van der Waals surface area contributed by atoms with Crippen molar-refractivity contribution in [1.29, 1.82) is 0 Å². The summed E-state index contributed by atoms with van der Waals surface area (Å²) in [4.78, 5) is 11.7. The van der Waals surface area contributed by atoms with Crippen LogP contribution in [0.1, 0.15) is 36.0 Å². The third-order valence-electron chi connectivity index (χ3n) is 3.31. The fourth-order valence-corrected chi connectivity index (χ4v) is 2.17. The number of hydrogen-bond acceptors (Lipinski definition) is 5. The van der Waals surface area contributed by atoms with Gasteiger partial charge in [-0.25, -0.2) is 0 Å². The molecule has 1 aromatic heterocycles. The molecule has 104 valence electrons. The van der Waals surface area contributed by atoms with E-state index in [1.807, 2.05) is 0 Å². The predicted molar refractivity (Wildman–Crippen MR) is 70.5 cm³/mol. The van der Waals surface area contributed by atoms with Crippen molar-refractivity contribution in [2.75, 3.05) is 13.2 Å². The first kappa shape index (κ1) is 13.9. The lowest BCUT2D eigenvalue weighted by atomic mass is 9.94. The van der Waals surface area contributed by atoms with Gasteiger partial charge in [-0.2, -0.15) is 10.2 Å². The van der Waals surface area contributed by atoms with Gasteiger partial charge in [0.1, 0.15) is 0 Å². The average Bonchev–Trinajstić information content (AvgIpc) is 2.46. The van der Waals surface area contributed by atoms with E-state index in [9.17, 15) is 4.79 Å². The SMILES string of the molecule is NC1CCC(OCCNC(=O)c2ccnnc2)CC1. The van der Waals surface area contributed by atoms with Crippen molar-refractivity contribution < 1.29 is 9.53 Å². The van der Waals surface area contributed by atoms with Crippen LogP contribution in [0.5, 0.6) is 0 Å². The van der Waals surface area contributed by atoms with Crippen LogP contribution in [0.3, 0.4) is 0 Å². The summed E-state index contributed by atoms with van der Waals surface area (Å²) in [6.07, 6.45) is 7.32. The largest absolute Gasteiger partial charge is 0.376 e. The fourth-order valence-electron chi connectivity index (χ4n) is 2.17. The molecule has 1 saturated carbocycles.